The van der Waals surface area contributed by atoms with Crippen LogP contribution in [0.25, 0.3) is 0 Å². The van der Waals surface area contributed by atoms with Gasteiger partial charge in [-0.3, -0.25) is 4.79 Å². The molecule has 0 bridgehead atoms. The molecule has 6 heteroatoms. The van der Waals surface area contributed by atoms with Crippen LogP contribution in [0.4, 0.5) is 11.4 Å². The highest BCUT2D eigenvalue weighted by molar-refractivity contribution is 7.59. The zero-order valence-corrected chi connectivity index (χ0v) is 22.9. The maximum atomic E-state index is 11.6. The first-order valence-corrected chi connectivity index (χ1v) is 12.4. The van der Waals surface area contributed by atoms with Gasteiger partial charge in [0, 0.05) is 44.0 Å². The van der Waals surface area contributed by atoms with E-state index >= 15 is 0 Å². The smallest absolute Gasteiger partial charge is 0.131 e. The fourth-order valence-electron chi connectivity index (χ4n) is 4.54. The van der Waals surface area contributed by atoms with Crippen molar-refractivity contribution in [1.82, 2.24) is 0 Å². The third-order valence-electron chi connectivity index (χ3n) is 6.49. The van der Waals surface area contributed by atoms with Gasteiger partial charge in [-0.2, -0.15) is 13.5 Å². The van der Waals surface area contributed by atoms with E-state index in [2.05, 4.69) is 58.0 Å². The number of ketones is 1. The van der Waals surface area contributed by atoms with E-state index in [0.29, 0.717) is 13.0 Å². The number of Topliss-reactive ketones (excluding diaryl/α,β-unsaturated/α-hetero) is 1. The molecule has 37 heavy (non-hydrogen) atoms. The molecule has 1 atom stereocenters. The highest BCUT2D eigenvalue weighted by Crippen LogP contribution is 2.25. The van der Waals surface area contributed by atoms with Crippen LogP contribution in [0, 0.1) is 11.8 Å². The normalized spacial score (nSPS) is 13.6. The molecule has 0 aliphatic carbocycles. The summed E-state index contributed by atoms with van der Waals surface area (Å²) < 4.78 is 11.3. The molecule has 0 spiro atoms. The third-order valence-corrected chi connectivity index (χ3v) is 6.49. The highest BCUT2D eigenvalue weighted by atomic mass is 32.1. The molecule has 194 valence electrons. The average Bonchev–Trinajstić information content (AvgIpc) is 2.92. The second kappa shape index (κ2) is 13.7. The van der Waals surface area contributed by atoms with Gasteiger partial charge in [0.1, 0.15) is 23.9 Å². The van der Waals surface area contributed by atoms with Gasteiger partial charge in [-0.05, 0) is 73.5 Å². The number of methoxy groups -OCH3 is 1. The SMILES string of the molecule is CC#C[C@@H](CC(C)=O)c1ccc(OCc2cccc(N3CCN(c4ccc(OC)cc4)CC3)c2)cc1.S. The van der Waals surface area contributed by atoms with Gasteiger partial charge < -0.3 is 19.3 Å². The van der Waals surface area contributed by atoms with E-state index in [1.54, 1.807) is 21.0 Å². The number of benzene rings is 3. The molecule has 0 unspecified atom stereocenters. The molecular weight excluding hydrogens is 480 g/mol. The van der Waals surface area contributed by atoms with E-state index in [9.17, 15) is 4.79 Å². The highest BCUT2D eigenvalue weighted by Gasteiger charge is 2.18. The summed E-state index contributed by atoms with van der Waals surface area (Å²) in [4.78, 5) is 16.4. The minimum atomic E-state index is -0.0663. The Kier molecular flexibility index (Phi) is 10.3. The van der Waals surface area contributed by atoms with Crippen molar-refractivity contribution in [2.45, 2.75) is 32.8 Å². The second-order valence-corrected chi connectivity index (χ2v) is 9.05. The number of carbonyl (C=O) groups excluding carboxylic acids is 1. The molecular formula is C31H36N2O3S. The monoisotopic (exact) mass is 516 g/mol. The predicted molar refractivity (Wildman–Crippen MR) is 157 cm³/mol. The topological polar surface area (TPSA) is 42.0 Å². The number of carbonyl (C=O) groups is 1. The molecule has 1 fully saturated rings. The molecule has 4 rings (SSSR count). The first-order valence-electron chi connectivity index (χ1n) is 12.4. The number of hydrogen-bond acceptors (Lipinski definition) is 5. The quantitative estimate of drug-likeness (QED) is 0.336. The van der Waals surface area contributed by atoms with Crippen LogP contribution in [0.2, 0.25) is 0 Å². The number of anilines is 2. The van der Waals surface area contributed by atoms with Crippen molar-refractivity contribution in [2.75, 3.05) is 43.1 Å². The maximum absolute atomic E-state index is 11.6. The summed E-state index contributed by atoms with van der Waals surface area (Å²) in [6, 6.07) is 24.8. The van der Waals surface area contributed by atoms with Gasteiger partial charge in [0.25, 0.3) is 0 Å². The number of nitrogens with zero attached hydrogens (tertiary/aromatic N) is 2. The van der Waals surface area contributed by atoms with Crippen LogP contribution in [0.1, 0.15) is 37.3 Å². The van der Waals surface area contributed by atoms with E-state index in [1.807, 2.05) is 36.4 Å². The van der Waals surface area contributed by atoms with Crippen LogP contribution in [0.3, 0.4) is 0 Å². The minimum Gasteiger partial charge on any atom is -0.497 e. The lowest BCUT2D eigenvalue weighted by Gasteiger charge is -2.37. The van der Waals surface area contributed by atoms with Gasteiger partial charge in [-0.1, -0.05) is 30.2 Å². The summed E-state index contributed by atoms with van der Waals surface area (Å²) in [5, 5.41) is 0. The van der Waals surface area contributed by atoms with E-state index in [4.69, 9.17) is 9.47 Å². The summed E-state index contributed by atoms with van der Waals surface area (Å²) in [5.41, 5.74) is 4.65. The van der Waals surface area contributed by atoms with E-state index in [-0.39, 0.29) is 25.2 Å². The second-order valence-electron chi connectivity index (χ2n) is 9.05. The molecule has 0 amide bonds. The number of ether oxygens (including phenoxy) is 2. The Morgan fingerprint density at radius 3 is 2.11 bits per heavy atom. The third kappa shape index (κ3) is 7.71. The zero-order chi connectivity index (χ0) is 25.3. The Labute approximate surface area is 227 Å². The molecule has 3 aromatic rings. The molecule has 0 saturated carbocycles. The van der Waals surface area contributed by atoms with E-state index < -0.39 is 0 Å². The van der Waals surface area contributed by atoms with Gasteiger partial charge in [0.2, 0.25) is 0 Å². The average molecular weight is 517 g/mol. The molecule has 5 nitrogen and oxygen atoms in total. The van der Waals surface area contributed by atoms with Gasteiger partial charge >= 0.3 is 0 Å². The minimum absolute atomic E-state index is 0. The lowest BCUT2D eigenvalue weighted by molar-refractivity contribution is -0.117. The van der Waals surface area contributed by atoms with Crippen molar-refractivity contribution in [3.8, 4) is 23.3 Å². The first kappa shape index (κ1) is 28.0. The van der Waals surface area contributed by atoms with Crippen LogP contribution in [-0.2, 0) is 11.4 Å². The van der Waals surface area contributed by atoms with Crippen molar-refractivity contribution < 1.29 is 14.3 Å². The van der Waals surface area contributed by atoms with Crippen LogP contribution < -0.4 is 19.3 Å². The predicted octanol–water partition coefficient (Wildman–Crippen LogP) is 5.80. The van der Waals surface area contributed by atoms with Gasteiger partial charge in [-0.25, -0.2) is 0 Å². The maximum Gasteiger partial charge on any atom is 0.131 e. The van der Waals surface area contributed by atoms with Gasteiger partial charge in [0.05, 0.1) is 13.0 Å². The standard InChI is InChI=1S/C31H34N2O3.H2S/c1-4-6-27(21-24(2)34)26-9-13-31(14-10-26)36-23-25-7-5-8-29(22-25)33-19-17-32(18-20-33)28-11-15-30(35-3)16-12-28;/h5,7-16,22,27H,17-21,23H2,1-3H3;1H2/t27-;/m0./s1. The molecule has 0 radical (unpaired) electrons. The Balaban J connectivity index is 0.00000380. The summed E-state index contributed by atoms with van der Waals surface area (Å²) >= 11 is 0. The molecule has 1 aliphatic heterocycles. The summed E-state index contributed by atoms with van der Waals surface area (Å²) in [6.45, 7) is 7.82. The molecule has 3 aromatic carbocycles. The lowest BCUT2D eigenvalue weighted by Crippen LogP contribution is -2.46. The van der Waals surface area contributed by atoms with Crippen molar-refractivity contribution >= 4 is 30.7 Å². The Hall–Kier alpha value is -3.56. The number of piperazine rings is 1. The largest absolute Gasteiger partial charge is 0.497 e. The molecule has 0 aromatic heterocycles. The molecule has 0 N–H and O–H groups in total. The first-order chi connectivity index (χ1) is 17.6. The number of hydrogen-bond donors (Lipinski definition) is 0. The van der Waals surface area contributed by atoms with Crippen molar-refractivity contribution in [2.24, 2.45) is 0 Å². The van der Waals surface area contributed by atoms with Crippen molar-refractivity contribution in [3.05, 3.63) is 83.9 Å². The fraction of sp³-hybridized carbons (Fsp3) is 0.323. The summed E-state index contributed by atoms with van der Waals surface area (Å²) in [5.74, 6) is 7.84. The Morgan fingerprint density at radius 2 is 1.51 bits per heavy atom. The van der Waals surface area contributed by atoms with Crippen LogP contribution >= 0.6 is 13.5 Å². The lowest BCUT2D eigenvalue weighted by atomic mass is 9.94. The van der Waals surface area contributed by atoms with Crippen molar-refractivity contribution in [3.63, 3.8) is 0 Å². The van der Waals surface area contributed by atoms with Crippen LogP contribution in [-0.4, -0.2) is 39.1 Å². The fourth-order valence-corrected chi connectivity index (χ4v) is 4.54. The van der Waals surface area contributed by atoms with Gasteiger partial charge in [0.15, 0.2) is 0 Å². The molecule has 1 heterocycles. The van der Waals surface area contributed by atoms with Crippen LogP contribution in [0.5, 0.6) is 11.5 Å². The van der Waals surface area contributed by atoms with E-state index in [0.717, 1.165) is 48.8 Å². The van der Waals surface area contributed by atoms with Gasteiger partial charge in [-0.15, -0.1) is 5.92 Å². The van der Waals surface area contributed by atoms with Crippen molar-refractivity contribution in [1.29, 1.82) is 0 Å². The Morgan fingerprint density at radius 1 is 0.892 bits per heavy atom. The Bertz CT molecular complexity index is 1210. The molecule has 1 saturated heterocycles. The molecule has 1 aliphatic rings. The summed E-state index contributed by atoms with van der Waals surface area (Å²) in [7, 11) is 1.69. The number of rotatable bonds is 9. The van der Waals surface area contributed by atoms with E-state index in [1.165, 1.54) is 11.4 Å². The van der Waals surface area contributed by atoms with Crippen LogP contribution in [0.15, 0.2) is 72.8 Å². The zero-order valence-electron chi connectivity index (χ0n) is 21.9. The summed E-state index contributed by atoms with van der Waals surface area (Å²) in [6.07, 6.45) is 0.433.